The molecule has 0 radical (unpaired) electrons. The number of ether oxygens (including phenoxy) is 2. The average Bonchev–Trinajstić information content (AvgIpc) is 3.34. The lowest BCUT2D eigenvalue weighted by Crippen LogP contribution is -2.37. The van der Waals surface area contributed by atoms with Crippen LogP contribution >= 0.6 is 0 Å². The number of hydrogen-bond donors (Lipinski definition) is 0. The Kier molecular flexibility index (Phi) is 4.66. The minimum atomic E-state index is -0.428. The van der Waals surface area contributed by atoms with Gasteiger partial charge in [-0.05, 0) is 43.3 Å². The van der Waals surface area contributed by atoms with Gasteiger partial charge in [-0.15, -0.1) is 0 Å². The predicted octanol–water partition coefficient (Wildman–Crippen LogP) is 3.21. The van der Waals surface area contributed by atoms with E-state index in [1.54, 1.807) is 11.0 Å². The molecule has 0 spiro atoms. The lowest BCUT2D eigenvalue weighted by molar-refractivity contribution is 0.0435. The fourth-order valence-corrected chi connectivity index (χ4v) is 3.18. The van der Waals surface area contributed by atoms with E-state index in [0.717, 1.165) is 11.3 Å². The van der Waals surface area contributed by atoms with Gasteiger partial charge in [0.2, 0.25) is 6.79 Å². The fourth-order valence-electron chi connectivity index (χ4n) is 3.18. The normalized spacial score (nSPS) is 17.4. The standard InChI is InChI=1S/C20H19FN2O4/c1-2-23(20(24)14-4-3-5-15(21)8-14)11-16-10-17(22-27-16)13-6-7-18-19(9-13)26-12-25-18/h3-9,16H,2,10-12H2,1H3. The summed E-state index contributed by atoms with van der Waals surface area (Å²) >= 11 is 0. The Morgan fingerprint density at radius 2 is 2.07 bits per heavy atom. The van der Waals surface area contributed by atoms with Gasteiger partial charge in [-0.1, -0.05) is 11.2 Å². The smallest absolute Gasteiger partial charge is 0.254 e. The lowest BCUT2D eigenvalue weighted by atomic mass is 10.0. The van der Waals surface area contributed by atoms with Gasteiger partial charge in [0.15, 0.2) is 17.6 Å². The van der Waals surface area contributed by atoms with Crippen molar-refractivity contribution < 1.29 is 23.5 Å². The maximum absolute atomic E-state index is 13.4. The highest BCUT2D eigenvalue weighted by Gasteiger charge is 2.27. The monoisotopic (exact) mass is 370 g/mol. The van der Waals surface area contributed by atoms with E-state index in [-0.39, 0.29) is 18.8 Å². The molecule has 2 aliphatic rings. The Bertz CT molecular complexity index is 899. The number of likely N-dealkylation sites (N-methyl/N-ethyl adjacent to an activating group) is 1. The van der Waals surface area contributed by atoms with Gasteiger partial charge in [-0.3, -0.25) is 4.79 Å². The van der Waals surface area contributed by atoms with Crippen molar-refractivity contribution in [1.82, 2.24) is 4.90 Å². The van der Waals surface area contributed by atoms with Gasteiger partial charge in [0.1, 0.15) is 5.82 Å². The minimum Gasteiger partial charge on any atom is -0.454 e. The van der Waals surface area contributed by atoms with Crippen LogP contribution in [0.15, 0.2) is 47.6 Å². The van der Waals surface area contributed by atoms with Crippen molar-refractivity contribution in [2.75, 3.05) is 19.9 Å². The number of nitrogens with zero attached hydrogens (tertiary/aromatic N) is 2. The molecule has 0 aliphatic carbocycles. The second-order valence-corrected chi connectivity index (χ2v) is 6.39. The largest absolute Gasteiger partial charge is 0.454 e. The Balaban J connectivity index is 1.41. The summed E-state index contributed by atoms with van der Waals surface area (Å²) in [6, 6.07) is 11.3. The number of benzene rings is 2. The number of fused-ring (bicyclic) bond motifs is 1. The molecule has 1 unspecified atom stereocenters. The zero-order chi connectivity index (χ0) is 18.8. The van der Waals surface area contributed by atoms with Crippen LogP contribution in [0, 0.1) is 5.82 Å². The summed E-state index contributed by atoms with van der Waals surface area (Å²) in [6.07, 6.45) is 0.329. The highest BCUT2D eigenvalue weighted by atomic mass is 19.1. The van der Waals surface area contributed by atoms with Crippen molar-refractivity contribution in [2.24, 2.45) is 5.16 Å². The quantitative estimate of drug-likeness (QED) is 0.811. The van der Waals surface area contributed by atoms with Crippen LogP contribution in [0.3, 0.4) is 0 Å². The Hall–Kier alpha value is -3.09. The second kappa shape index (κ2) is 7.26. The first-order chi connectivity index (χ1) is 13.1. The molecule has 0 fully saturated rings. The average molecular weight is 370 g/mol. The number of carbonyl (C=O) groups is 1. The molecule has 2 aliphatic heterocycles. The van der Waals surface area contributed by atoms with E-state index in [1.807, 2.05) is 25.1 Å². The van der Waals surface area contributed by atoms with E-state index in [4.69, 9.17) is 14.3 Å². The summed E-state index contributed by atoms with van der Waals surface area (Å²) in [4.78, 5) is 19.8. The molecule has 7 heteroatoms. The zero-order valence-electron chi connectivity index (χ0n) is 14.9. The van der Waals surface area contributed by atoms with Crippen molar-refractivity contribution >= 4 is 11.6 Å². The summed E-state index contributed by atoms with van der Waals surface area (Å²) in [6.45, 7) is 2.97. The molecule has 6 nitrogen and oxygen atoms in total. The summed E-state index contributed by atoms with van der Waals surface area (Å²) < 4.78 is 24.1. The van der Waals surface area contributed by atoms with Gasteiger partial charge in [-0.25, -0.2) is 4.39 Å². The van der Waals surface area contributed by atoms with Crippen LogP contribution in [0.25, 0.3) is 0 Å². The first-order valence-corrected chi connectivity index (χ1v) is 8.81. The molecule has 140 valence electrons. The summed E-state index contributed by atoms with van der Waals surface area (Å²) in [5, 5.41) is 4.17. The molecule has 2 aromatic rings. The number of halogens is 1. The van der Waals surface area contributed by atoms with Gasteiger partial charge < -0.3 is 19.2 Å². The third-order valence-corrected chi connectivity index (χ3v) is 4.60. The van der Waals surface area contributed by atoms with Crippen molar-refractivity contribution in [2.45, 2.75) is 19.4 Å². The van der Waals surface area contributed by atoms with Crippen molar-refractivity contribution in [1.29, 1.82) is 0 Å². The van der Waals surface area contributed by atoms with Crippen LogP contribution in [0.5, 0.6) is 11.5 Å². The molecule has 0 saturated carbocycles. The highest BCUT2D eigenvalue weighted by Crippen LogP contribution is 2.33. The summed E-state index contributed by atoms with van der Waals surface area (Å²) in [5.74, 6) is 0.752. The van der Waals surface area contributed by atoms with Gasteiger partial charge in [0, 0.05) is 24.1 Å². The molecular weight excluding hydrogens is 351 g/mol. The molecule has 27 heavy (non-hydrogen) atoms. The molecular formula is C20H19FN2O4. The maximum Gasteiger partial charge on any atom is 0.254 e. The number of rotatable bonds is 5. The number of hydrogen-bond acceptors (Lipinski definition) is 5. The number of carbonyl (C=O) groups excluding carboxylic acids is 1. The van der Waals surface area contributed by atoms with Gasteiger partial charge in [0.05, 0.1) is 12.3 Å². The highest BCUT2D eigenvalue weighted by molar-refractivity contribution is 6.02. The first kappa shape index (κ1) is 17.3. The first-order valence-electron chi connectivity index (χ1n) is 8.81. The zero-order valence-corrected chi connectivity index (χ0v) is 14.9. The topological polar surface area (TPSA) is 60.4 Å². The molecule has 1 amide bonds. The van der Waals surface area contributed by atoms with Gasteiger partial charge >= 0.3 is 0 Å². The van der Waals surface area contributed by atoms with Crippen molar-refractivity contribution in [3.8, 4) is 11.5 Å². The molecule has 0 N–H and O–H groups in total. The van der Waals surface area contributed by atoms with E-state index in [9.17, 15) is 9.18 Å². The molecule has 0 aromatic heterocycles. The molecule has 0 saturated heterocycles. The molecule has 2 aromatic carbocycles. The third kappa shape index (κ3) is 3.58. The van der Waals surface area contributed by atoms with Crippen molar-refractivity contribution in [3.05, 3.63) is 59.4 Å². The van der Waals surface area contributed by atoms with E-state index < -0.39 is 5.82 Å². The van der Waals surface area contributed by atoms with E-state index in [2.05, 4.69) is 5.16 Å². The molecule has 1 atom stereocenters. The van der Waals surface area contributed by atoms with Crippen LogP contribution in [0.1, 0.15) is 29.3 Å². The summed E-state index contributed by atoms with van der Waals surface area (Å²) in [7, 11) is 0. The maximum atomic E-state index is 13.4. The summed E-state index contributed by atoms with van der Waals surface area (Å²) in [5.41, 5.74) is 2.03. The van der Waals surface area contributed by atoms with Crippen molar-refractivity contribution in [3.63, 3.8) is 0 Å². The molecule has 2 heterocycles. The van der Waals surface area contributed by atoms with Crippen LogP contribution in [0.2, 0.25) is 0 Å². The number of oxime groups is 1. The number of amides is 1. The molecule has 4 rings (SSSR count). The van der Waals surface area contributed by atoms with E-state index in [1.165, 1.54) is 18.2 Å². The van der Waals surface area contributed by atoms with Crippen LogP contribution < -0.4 is 9.47 Å². The van der Waals surface area contributed by atoms with Gasteiger partial charge in [0.25, 0.3) is 5.91 Å². The lowest BCUT2D eigenvalue weighted by Gasteiger charge is -2.23. The fraction of sp³-hybridized carbons (Fsp3) is 0.300. The van der Waals surface area contributed by atoms with E-state index >= 15 is 0 Å². The Morgan fingerprint density at radius 1 is 1.22 bits per heavy atom. The molecule has 0 bridgehead atoms. The SMILES string of the molecule is CCN(CC1CC(c2ccc3c(c2)OCO3)=NO1)C(=O)c1cccc(F)c1. The van der Waals surface area contributed by atoms with E-state index in [0.29, 0.717) is 36.6 Å². The van der Waals surface area contributed by atoms with Crippen LogP contribution in [0.4, 0.5) is 4.39 Å². The van der Waals surface area contributed by atoms with Crippen LogP contribution in [-0.4, -0.2) is 42.5 Å². The van der Waals surface area contributed by atoms with Crippen LogP contribution in [-0.2, 0) is 4.84 Å². The van der Waals surface area contributed by atoms with Gasteiger partial charge in [-0.2, -0.15) is 0 Å². The second-order valence-electron chi connectivity index (χ2n) is 6.39. The minimum absolute atomic E-state index is 0.220. The Morgan fingerprint density at radius 3 is 2.89 bits per heavy atom. The Labute approximate surface area is 156 Å². The third-order valence-electron chi connectivity index (χ3n) is 4.60. The predicted molar refractivity (Wildman–Crippen MR) is 96.6 cm³/mol.